The van der Waals surface area contributed by atoms with Gasteiger partial charge in [0.25, 0.3) is 5.91 Å². The topological polar surface area (TPSA) is 161 Å². The first kappa shape index (κ1) is 32.3. The third kappa shape index (κ3) is 9.99. The Labute approximate surface area is 223 Å². The van der Waals surface area contributed by atoms with Crippen LogP contribution in [0.1, 0.15) is 27.6 Å². The predicted molar refractivity (Wildman–Crippen MR) is 126 cm³/mol. The van der Waals surface area contributed by atoms with Gasteiger partial charge in [-0.1, -0.05) is 11.2 Å². The fourth-order valence-electron chi connectivity index (χ4n) is 3.27. The van der Waals surface area contributed by atoms with E-state index in [4.69, 9.17) is 5.73 Å². The van der Waals surface area contributed by atoms with Gasteiger partial charge >= 0.3 is 18.4 Å². The van der Waals surface area contributed by atoms with Crippen LogP contribution in [0.2, 0.25) is 0 Å². The van der Waals surface area contributed by atoms with Gasteiger partial charge in [0.05, 0.1) is 24.2 Å². The number of carbonyl (C=O) groups is 2. The number of aromatic nitrogens is 4. The quantitative estimate of drug-likeness (QED) is 0.283. The van der Waals surface area contributed by atoms with Gasteiger partial charge in [0.1, 0.15) is 24.2 Å². The van der Waals surface area contributed by atoms with E-state index in [2.05, 4.69) is 34.4 Å². The van der Waals surface area contributed by atoms with Crippen molar-refractivity contribution < 1.29 is 50.0 Å². The summed E-state index contributed by atoms with van der Waals surface area (Å²) in [4.78, 5) is 30.3. The minimum atomic E-state index is -4.51. The van der Waals surface area contributed by atoms with Crippen LogP contribution in [-0.4, -0.2) is 89.5 Å². The molecule has 0 aliphatic carbocycles. The highest BCUT2D eigenvalue weighted by Crippen LogP contribution is 2.25. The van der Waals surface area contributed by atoms with Crippen molar-refractivity contribution in [3.05, 3.63) is 41.0 Å². The molecule has 18 heteroatoms. The van der Waals surface area contributed by atoms with Crippen LogP contribution < -0.4 is 11.1 Å². The van der Waals surface area contributed by atoms with Crippen molar-refractivity contribution in [2.24, 2.45) is 5.73 Å². The summed E-state index contributed by atoms with van der Waals surface area (Å²) in [5.74, 6) is -0.195. The van der Waals surface area contributed by atoms with Gasteiger partial charge in [-0.05, 0) is 29.8 Å². The molecule has 3 amide bonds. The number of fused-ring (bicyclic) bond motifs is 1. The van der Waals surface area contributed by atoms with E-state index in [0.717, 1.165) is 4.90 Å². The summed E-state index contributed by atoms with van der Waals surface area (Å²) < 4.78 is 87.3. The number of hydrogen-bond donors (Lipinski definition) is 3. The zero-order chi connectivity index (χ0) is 30.1. The molecule has 40 heavy (non-hydrogen) atoms. The van der Waals surface area contributed by atoms with Crippen LogP contribution in [-0.2, 0) is 22.4 Å². The summed E-state index contributed by atoms with van der Waals surface area (Å²) in [6.45, 7) is -0.410. The number of hydrogen-bond acceptors (Lipinski definition) is 8. The van der Waals surface area contributed by atoms with Gasteiger partial charge in [-0.2, -0.15) is 26.3 Å². The molecule has 1 fully saturated rings. The van der Waals surface area contributed by atoms with Crippen molar-refractivity contribution >= 4 is 23.0 Å². The second kappa shape index (κ2) is 13.9. The van der Waals surface area contributed by atoms with Crippen LogP contribution in [0.5, 0.6) is 0 Å². The number of rotatable bonds is 7. The Morgan fingerprint density at radius 1 is 1.20 bits per heavy atom. The number of aromatic amines is 1. The van der Waals surface area contributed by atoms with Crippen molar-refractivity contribution in [3.63, 3.8) is 0 Å². The Morgan fingerprint density at radius 2 is 1.88 bits per heavy atom. The number of methoxy groups -OCH3 is 1. The SMILES string of the molecule is COC.Cc1nonc1C(N)=O.O=C1N[C@H](C(F)(F)F)CN1Cc1ccc2nc(CCOCC(F)(F)F)[nH]c2c1. The first-order chi connectivity index (χ1) is 18.6. The minimum Gasteiger partial charge on any atom is -0.388 e. The van der Waals surface area contributed by atoms with Crippen LogP contribution >= 0.6 is 0 Å². The van der Waals surface area contributed by atoms with Crippen LogP contribution in [0.15, 0.2) is 22.8 Å². The molecule has 1 aliphatic rings. The monoisotopic (exact) mass is 583 g/mol. The van der Waals surface area contributed by atoms with Crippen LogP contribution in [0.25, 0.3) is 11.0 Å². The summed E-state index contributed by atoms with van der Waals surface area (Å²) in [6, 6.07) is 2.18. The van der Waals surface area contributed by atoms with Gasteiger partial charge in [0.2, 0.25) is 0 Å². The van der Waals surface area contributed by atoms with Crippen molar-refractivity contribution in [1.82, 2.24) is 30.5 Å². The number of alkyl halides is 6. The number of nitrogens with zero attached hydrogens (tertiary/aromatic N) is 4. The van der Waals surface area contributed by atoms with Gasteiger partial charge in [-0.15, -0.1) is 0 Å². The van der Waals surface area contributed by atoms with E-state index >= 15 is 0 Å². The minimum absolute atomic E-state index is 0.0165. The van der Waals surface area contributed by atoms with E-state index in [1.165, 1.54) is 0 Å². The number of amides is 3. The van der Waals surface area contributed by atoms with E-state index in [9.17, 15) is 35.9 Å². The van der Waals surface area contributed by atoms with Crippen molar-refractivity contribution in [2.45, 2.75) is 38.3 Å². The Bertz CT molecular complexity index is 1260. The van der Waals surface area contributed by atoms with Gasteiger partial charge < -0.3 is 30.4 Å². The molecule has 222 valence electrons. The maximum atomic E-state index is 12.7. The summed E-state index contributed by atoms with van der Waals surface area (Å²) in [5, 5.41) is 8.50. The van der Waals surface area contributed by atoms with Crippen LogP contribution in [0.3, 0.4) is 0 Å². The molecule has 1 aliphatic heterocycles. The number of nitrogens with one attached hydrogen (secondary N) is 2. The molecule has 0 saturated carbocycles. The van der Waals surface area contributed by atoms with Gasteiger partial charge in [-0.3, -0.25) is 4.79 Å². The highest BCUT2D eigenvalue weighted by Gasteiger charge is 2.46. The molecular formula is C22H27F6N7O5. The average molecular weight is 583 g/mol. The predicted octanol–water partition coefficient (Wildman–Crippen LogP) is 2.88. The smallest absolute Gasteiger partial charge is 0.388 e. The molecule has 12 nitrogen and oxygen atoms in total. The number of H-pyrrole nitrogens is 1. The Balaban J connectivity index is 0.000000389. The zero-order valence-electron chi connectivity index (χ0n) is 21.5. The lowest BCUT2D eigenvalue weighted by molar-refractivity contribution is -0.173. The maximum Gasteiger partial charge on any atom is 0.411 e. The number of primary amides is 1. The number of nitrogens with two attached hydrogens (primary N) is 1. The third-order valence-corrected chi connectivity index (χ3v) is 4.99. The van der Waals surface area contributed by atoms with E-state index < -0.39 is 43.5 Å². The molecule has 0 radical (unpaired) electrons. The lowest BCUT2D eigenvalue weighted by Crippen LogP contribution is -2.40. The molecule has 0 bridgehead atoms. The second-order valence-corrected chi connectivity index (χ2v) is 8.35. The number of urea groups is 1. The number of benzene rings is 1. The lowest BCUT2D eigenvalue weighted by Gasteiger charge is -2.16. The molecule has 0 unspecified atom stereocenters. The number of imidazole rings is 1. The van der Waals surface area contributed by atoms with Crippen molar-refractivity contribution in [1.29, 1.82) is 0 Å². The van der Waals surface area contributed by atoms with Crippen LogP contribution in [0, 0.1) is 6.92 Å². The Kier molecular flexibility index (Phi) is 11.2. The van der Waals surface area contributed by atoms with E-state index in [1.54, 1.807) is 39.3 Å². The first-order valence-electron chi connectivity index (χ1n) is 11.4. The number of halogens is 6. The molecule has 1 atom stereocenters. The molecule has 0 spiro atoms. The van der Waals surface area contributed by atoms with Gasteiger partial charge in [0, 0.05) is 27.2 Å². The van der Waals surface area contributed by atoms with Gasteiger partial charge in [-0.25, -0.2) is 14.4 Å². The molecule has 3 heterocycles. The fraction of sp³-hybridized carbons (Fsp3) is 0.500. The van der Waals surface area contributed by atoms with E-state index in [1.807, 2.05) is 5.32 Å². The van der Waals surface area contributed by atoms with Gasteiger partial charge in [0.15, 0.2) is 5.69 Å². The van der Waals surface area contributed by atoms with Crippen LogP contribution in [0.4, 0.5) is 31.1 Å². The fourth-order valence-corrected chi connectivity index (χ4v) is 3.27. The third-order valence-electron chi connectivity index (χ3n) is 4.99. The number of carbonyl (C=O) groups excluding carboxylic acids is 2. The number of ether oxygens (including phenoxy) is 2. The largest absolute Gasteiger partial charge is 0.411 e. The summed E-state index contributed by atoms with van der Waals surface area (Å²) in [6.07, 6.45) is -8.77. The molecule has 1 aromatic carbocycles. The average Bonchev–Trinajstić information content (AvgIpc) is 3.55. The Hall–Kier alpha value is -3.93. The summed E-state index contributed by atoms with van der Waals surface area (Å²) >= 11 is 0. The highest BCUT2D eigenvalue weighted by molar-refractivity contribution is 5.91. The normalized spacial score (nSPS) is 15.3. The Morgan fingerprint density at radius 3 is 2.38 bits per heavy atom. The highest BCUT2D eigenvalue weighted by atomic mass is 19.4. The van der Waals surface area contributed by atoms with Crippen molar-refractivity contribution in [3.8, 4) is 0 Å². The summed E-state index contributed by atoms with van der Waals surface area (Å²) in [5.41, 5.74) is 7.08. The second-order valence-electron chi connectivity index (χ2n) is 8.35. The summed E-state index contributed by atoms with van der Waals surface area (Å²) in [7, 11) is 3.25. The molecule has 3 aromatic rings. The zero-order valence-corrected chi connectivity index (χ0v) is 21.5. The first-order valence-corrected chi connectivity index (χ1v) is 11.4. The molecule has 1 saturated heterocycles. The molecular weight excluding hydrogens is 556 g/mol. The molecule has 4 rings (SSSR count). The van der Waals surface area contributed by atoms with E-state index in [0.29, 0.717) is 28.1 Å². The molecule has 4 N–H and O–H groups in total. The lowest BCUT2D eigenvalue weighted by atomic mass is 10.2. The standard InChI is InChI=1S/C16H16F6N4O2.C4H5N3O2.C2H6O/c17-15(18,19)8-28-4-3-13-23-10-2-1-9(5-11(10)24-13)6-26-7-12(16(20,21)22)25-14(26)27;1-2-3(4(5)8)7-9-6-2;1-3-2/h1-2,5,12H,3-4,6-8H2,(H,23,24)(H,25,27);1H3,(H2,5,8);1-2H3/t12-;;/m0../s1. The number of aryl methyl sites for hydroxylation is 1. The van der Waals surface area contributed by atoms with Crippen molar-refractivity contribution in [2.75, 3.05) is 34.0 Å². The maximum absolute atomic E-state index is 12.7. The van der Waals surface area contributed by atoms with E-state index in [-0.39, 0.29) is 25.3 Å². The molecule has 2 aromatic heterocycles.